The Hall–Kier alpha value is -0.610. The summed E-state index contributed by atoms with van der Waals surface area (Å²) >= 11 is 0. The number of rotatable bonds is 2. The van der Waals surface area contributed by atoms with Crippen LogP contribution in [0.5, 0.6) is 0 Å². The van der Waals surface area contributed by atoms with E-state index < -0.39 is 5.54 Å². The zero-order valence-corrected chi connectivity index (χ0v) is 13.9. The first-order valence-corrected chi connectivity index (χ1v) is 8.46. The quantitative estimate of drug-likeness (QED) is 0.849. The summed E-state index contributed by atoms with van der Waals surface area (Å²) in [6.07, 6.45) is 4.47. The first kappa shape index (κ1) is 15.3. The second-order valence-electron chi connectivity index (χ2n) is 8.23. The molecule has 4 heteroatoms. The number of fused-ring (bicyclic) bond motifs is 1. The van der Waals surface area contributed by atoms with Crippen molar-refractivity contribution in [2.45, 2.75) is 65.0 Å². The van der Waals surface area contributed by atoms with Crippen molar-refractivity contribution < 1.29 is 9.53 Å². The molecule has 2 saturated heterocycles. The van der Waals surface area contributed by atoms with Gasteiger partial charge in [-0.05, 0) is 24.7 Å². The minimum Gasteiger partial charge on any atom is -0.377 e. The number of hydrogen-bond donors (Lipinski definition) is 1. The van der Waals surface area contributed by atoms with Gasteiger partial charge in [-0.3, -0.25) is 4.79 Å². The van der Waals surface area contributed by atoms with E-state index in [4.69, 9.17) is 10.5 Å². The summed E-state index contributed by atoms with van der Waals surface area (Å²) in [6, 6.07) is 0. The fraction of sp³-hybridized carbons (Fsp3) is 0.941. The van der Waals surface area contributed by atoms with E-state index >= 15 is 0 Å². The van der Waals surface area contributed by atoms with Crippen molar-refractivity contribution in [2.24, 2.45) is 22.5 Å². The Balaban J connectivity index is 1.74. The fourth-order valence-corrected chi connectivity index (χ4v) is 4.68. The normalized spacial score (nSPS) is 40.5. The van der Waals surface area contributed by atoms with E-state index in [1.54, 1.807) is 0 Å². The van der Waals surface area contributed by atoms with Gasteiger partial charge in [0.05, 0.1) is 6.10 Å². The van der Waals surface area contributed by atoms with Crippen LogP contribution < -0.4 is 5.73 Å². The summed E-state index contributed by atoms with van der Waals surface area (Å²) in [5.74, 6) is 0.372. The van der Waals surface area contributed by atoms with Crippen LogP contribution in [0.1, 0.15) is 53.4 Å². The third-order valence-corrected chi connectivity index (χ3v) is 6.92. The molecule has 0 aromatic carbocycles. The van der Waals surface area contributed by atoms with Crippen molar-refractivity contribution in [1.82, 2.24) is 4.90 Å². The molecule has 3 fully saturated rings. The maximum atomic E-state index is 13.1. The minimum atomic E-state index is -0.728. The molecular formula is C17H30N2O2. The SMILES string of the molecule is CCC1(C)CCN(C(=O)C2(N)C3CCOC3C2(C)C)CC1. The van der Waals surface area contributed by atoms with E-state index in [1.165, 1.54) is 6.42 Å². The van der Waals surface area contributed by atoms with E-state index in [0.29, 0.717) is 5.41 Å². The third-order valence-electron chi connectivity index (χ3n) is 6.92. The first-order valence-electron chi connectivity index (χ1n) is 8.46. The lowest BCUT2D eigenvalue weighted by Gasteiger charge is -2.62. The molecule has 3 aliphatic rings. The highest BCUT2D eigenvalue weighted by Gasteiger charge is 2.72. The van der Waals surface area contributed by atoms with Crippen LogP contribution >= 0.6 is 0 Å². The molecule has 21 heavy (non-hydrogen) atoms. The summed E-state index contributed by atoms with van der Waals surface area (Å²) in [7, 11) is 0. The van der Waals surface area contributed by atoms with Gasteiger partial charge < -0.3 is 15.4 Å². The van der Waals surface area contributed by atoms with E-state index in [1.807, 2.05) is 4.90 Å². The Morgan fingerprint density at radius 2 is 1.90 bits per heavy atom. The van der Waals surface area contributed by atoms with Crippen molar-refractivity contribution in [2.75, 3.05) is 19.7 Å². The van der Waals surface area contributed by atoms with Crippen LogP contribution in [-0.4, -0.2) is 42.1 Å². The number of likely N-dealkylation sites (tertiary alicyclic amines) is 1. The van der Waals surface area contributed by atoms with Gasteiger partial charge in [0.1, 0.15) is 5.54 Å². The molecular weight excluding hydrogens is 264 g/mol. The molecule has 1 aliphatic carbocycles. The van der Waals surface area contributed by atoms with Crippen molar-refractivity contribution in [3.63, 3.8) is 0 Å². The average molecular weight is 294 g/mol. The van der Waals surface area contributed by atoms with Crippen LogP contribution in [0.4, 0.5) is 0 Å². The predicted molar refractivity (Wildman–Crippen MR) is 82.8 cm³/mol. The molecule has 3 atom stereocenters. The molecule has 3 rings (SSSR count). The summed E-state index contributed by atoms with van der Waals surface area (Å²) in [5, 5.41) is 0. The highest BCUT2D eigenvalue weighted by Crippen LogP contribution is 2.58. The molecule has 2 aliphatic heterocycles. The van der Waals surface area contributed by atoms with Gasteiger partial charge in [-0.1, -0.05) is 34.1 Å². The maximum Gasteiger partial charge on any atom is 0.243 e. The van der Waals surface area contributed by atoms with E-state index in [2.05, 4.69) is 27.7 Å². The molecule has 2 N–H and O–H groups in total. The number of ether oxygens (including phenoxy) is 1. The molecule has 0 spiro atoms. The standard InChI is InChI=1S/C17H30N2O2/c1-5-16(4)7-9-19(10-8-16)14(20)17(18)12-6-11-21-13(12)15(17,2)3/h12-13H,5-11,18H2,1-4H3. The van der Waals surface area contributed by atoms with Crippen molar-refractivity contribution in [3.05, 3.63) is 0 Å². The van der Waals surface area contributed by atoms with E-state index in [9.17, 15) is 4.79 Å². The molecule has 4 nitrogen and oxygen atoms in total. The molecule has 1 amide bonds. The second-order valence-corrected chi connectivity index (χ2v) is 8.23. The van der Waals surface area contributed by atoms with Gasteiger partial charge in [0, 0.05) is 31.0 Å². The lowest BCUT2D eigenvalue weighted by Crippen LogP contribution is -2.80. The molecule has 0 radical (unpaired) electrons. The number of piperidine rings is 1. The molecule has 3 unspecified atom stereocenters. The minimum absolute atomic E-state index is 0.164. The Morgan fingerprint density at radius 3 is 2.48 bits per heavy atom. The summed E-state index contributed by atoms with van der Waals surface area (Å²) in [4.78, 5) is 15.1. The number of hydrogen-bond acceptors (Lipinski definition) is 3. The van der Waals surface area contributed by atoms with Gasteiger partial charge >= 0.3 is 0 Å². The number of carbonyl (C=O) groups excluding carboxylic acids is 1. The van der Waals surface area contributed by atoms with Gasteiger partial charge in [0.25, 0.3) is 0 Å². The monoisotopic (exact) mass is 294 g/mol. The van der Waals surface area contributed by atoms with E-state index in [-0.39, 0.29) is 23.3 Å². The van der Waals surface area contributed by atoms with Gasteiger partial charge in [-0.25, -0.2) is 0 Å². The van der Waals surface area contributed by atoms with Crippen LogP contribution in [0.25, 0.3) is 0 Å². The topological polar surface area (TPSA) is 55.6 Å². The van der Waals surface area contributed by atoms with Crippen molar-refractivity contribution >= 4 is 5.91 Å². The predicted octanol–water partition coefficient (Wildman–Crippen LogP) is 2.17. The number of nitrogens with two attached hydrogens (primary N) is 1. The van der Waals surface area contributed by atoms with Crippen LogP contribution in [0.3, 0.4) is 0 Å². The Morgan fingerprint density at radius 1 is 1.29 bits per heavy atom. The summed E-state index contributed by atoms with van der Waals surface area (Å²) in [5.41, 5.74) is 6.08. The molecule has 0 aromatic rings. The maximum absolute atomic E-state index is 13.1. The van der Waals surface area contributed by atoms with Crippen molar-refractivity contribution in [1.29, 1.82) is 0 Å². The molecule has 0 bridgehead atoms. The molecule has 120 valence electrons. The van der Waals surface area contributed by atoms with Gasteiger partial charge in [0.15, 0.2) is 0 Å². The van der Waals surface area contributed by atoms with Crippen LogP contribution in [0, 0.1) is 16.7 Å². The van der Waals surface area contributed by atoms with Crippen LogP contribution in [-0.2, 0) is 9.53 Å². The van der Waals surface area contributed by atoms with E-state index in [0.717, 1.165) is 39.0 Å². The Bertz CT molecular complexity index is 440. The van der Waals surface area contributed by atoms with Gasteiger partial charge in [0.2, 0.25) is 5.91 Å². The highest BCUT2D eigenvalue weighted by molar-refractivity contribution is 5.89. The number of nitrogens with zero attached hydrogens (tertiary/aromatic N) is 1. The van der Waals surface area contributed by atoms with Crippen molar-refractivity contribution in [3.8, 4) is 0 Å². The summed E-state index contributed by atoms with van der Waals surface area (Å²) in [6.45, 7) is 11.2. The van der Waals surface area contributed by atoms with Gasteiger partial charge in [-0.2, -0.15) is 0 Å². The van der Waals surface area contributed by atoms with Crippen LogP contribution in [0.15, 0.2) is 0 Å². The number of carbonyl (C=O) groups is 1. The Kier molecular flexibility index (Phi) is 3.42. The lowest BCUT2D eigenvalue weighted by atomic mass is 9.47. The number of amides is 1. The smallest absolute Gasteiger partial charge is 0.243 e. The second kappa shape index (κ2) is 4.69. The zero-order chi connectivity index (χ0) is 15.5. The third kappa shape index (κ3) is 1.91. The summed E-state index contributed by atoms with van der Waals surface area (Å²) < 4.78 is 5.80. The Labute approximate surface area is 128 Å². The highest BCUT2D eigenvalue weighted by atomic mass is 16.5. The largest absolute Gasteiger partial charge is 0.377 e. The zero-order valence-electron chi connectivity index (χ0n) is 13.9. The average Bonchev–Trinajstić information content (AvgIpc) is 2.95. The molecule has 2 heterocycles. The fourth-order valence-electron chi connectivity index (χ4n) is 4.68. The lowest BCUT2D eigenvalue weighted by molar-refractivity contribution is -0.185. The molecule has 0 aromatic heterocycles. The first-order chi connectivity index (χ1) is 9.76. The molecule has 1 saturated carbocycles. The van der Waals surface area contributed by atoms with Gasteiger partial charge in [-0.15, -0.1) is 0 Å². The van der Waals surface area contributed by atoms with Crippen LogP contribution in [0.2, 0.25) is 0 Å².